The van der Waals surface area contributed by atoms with Crippen molar-refractivity contribution in [1.82, 2.24) is 0 Å². The predicted molar refractivity (Wildman–Crippen MR) is 106 cm³/mol. The molecule has 0 amide bonds. The highest BCUT2D eigenvalue weighted by atomic mass is 16.6. The summed E-state index contributed by atoms with van der Waals surface area (Å²) in [6, 6.07) is 12.9. The van der Waals surface area contributed by atoms with Gasteiger partial charge in [0.05, 0.1) is 21.2 Å². The van der Waals surface area contributed by atoms with Gasteiger partial charge in [0, 0.05) is 24.3 Å². The van der Waals surface area contributed by atoms with E-state index in [1.165, 1.54) is 54.6 Å². The monoisotopic (exact) mass is 408 g/mol. The van der Waals surface area contributed by atoms with Crippen LogP contribution in [0.3, 0.4) is 0 Å². The van der Waals surface area contributed by atoms with Crippen molar-refractivity contribution in [3.63, 3.8) is 0 Å². The number of nitro benzene ring substituents is 2. The van der Waals surface area contributed by atoms with E-state index >= 15 is 0 Å². The largest absolute Gasteiger partial charge is 0.287 e. The van der Waals surface area contributed by atoms with E-state index < -0.39 is 26.1 Å². The van der Waals surface area contributed by atoms with Crippen molar-refractivity contribution in [3.8, 4) is 0 Å². The number of nitrogens with one attached hydrogen (secondary N) is 2. The molecule has 0 aromatic heterocycles. The molecule has 0 heterocycles. The molecule has 0 saturated carbocycles. The van der Waals surface area contributed by atoms with E-state index in [2.05, 4.69) is 21.1 Å². The summed E-state index contributed by atoms with van der Waals surface area (Å²) in [6.07, 6.45) is 0. The van der Waals surface area contributed by atoms with Crippen molar-refractivity contribution in [1.29, 1.82) is 0 Å². The zero-order chi connectivity index (χ0) is 21.7. The molecule has 0 bridgehead atoms. The van der Waals surface area contributed by atoms with E-state index in [0.717, 1.165) is 6.07 Å². The molecule has 0 aliphatic rings. The highest BCUT2D eigenvalue weighted by Crippen LogP contribution is 2.15. The van der Waals surface area contributed by atoms with Crippen molar-refractivity contribution in [2.75, 3.05) is 10.9 Å². The normalized spacial score (nSPS) is 11.9. The lowest BCUT2D eigenvalue weighted by Crippen LogP contribution is -2.47. The maximum Gasteiger partial charge on any atom is 0.269 e. The molecule has 30 heavy (non-hydrogen) atoms. The summed E-state index contributed by atoms with van der Waals surface area (Å²) < 4.78 is 0. The summed E-state index contributed by atoms with van der Waals surface area (Å²) in [4.78, 5) is 44.7. The summed E-state index contributed by atoms with van der Waals surface area (Å²) in [5.41, 5.74) is 4.22. The maximum atomic E-state index is 12.5. The number of rotatable bonds is 6. The Morgan fingerprint density at radius 2 is 1.13 bits per heavy atom. The Hall–Kier alpha value is -4.74. The predicted octanol–water partition coefficient (Wildman–Crippen LogP) is 0.955. The van der Waals surface area contributed by atoms with E-state index in [0.29, 0.717) is 11.4 Å². The second-order valence-corrected chi connectivity index (χ2v) is 5.82. The number of hydrogen-bond donors (Lipinski definition) is 2. The Bertz CT molecular complexity index is 1330. The molecule has 0 unspecified atom stereocenters. The Balaban J connectivity index is 1.87. The van der Waals surface area contributed by atoms with Crippen LogP contribution in [0.4, 0.5) is 22.7 Å². The smallest absolute Gasteiger partial charge is 0.269 e. The molecule has 3 aromatic carbocycles. The first-order chi connectivity index (χ1) is 14.3. The average Bonchev–Trinajstić information content (AvgIpc) is 2.73. The van der Waals surface area contributed by atoms with Crippen molar-refractivity contribution in [2.24, 2.45) is 10.2 Å². The topological polar surface area (TPSA) is 169 Å². The Morgan fingerprint density at radius 3 is 1.60 bits per heavy atom. The minimum atomic E-state index is -0.744. The van der Waals surface area contributed by atoms with Crippen LogP contribution in [0.2, 0.25) is 0 Å². The minimum absolute atomic E-state index is 0.0980. The molecule has 0 spiro atoms. The first-order valence-corrected chi connectivity index (χ1v) is 8.28. The highest BCUT2D eigenvalue weighted by molar-refractivity contribution is 5.48. The molecule has 0 aliphatic carbocycles. The Kier molecular flexibility index (Phi) is 5.68. The maximum absolute atomic E-state index is 12.5. The van der Waals surface area contributed by atoms with Gasteiger partial charge in [-0.15, -0.1) is 0 Å². The lowest BCUT2D eigenvalue weighted by atomic mass is 10.3. The van der Waals surface area contributed by atoms with Gasteiger partial charge in [-0.3, -0.25) is 40.7 Å². The number of anilines is 2. The molecule has 0 saturated heterocycles. The van der Waals surface area contributed by atoms with Crippen molar-refractivity contribution in [2.45, 2.75) is 0 Å². The van der Waals surface area contributed by atoms with Gasteiger partial charge in [0.2, 0.25) is 10.9 Å². The first kappa shape index (κ1) is 20.0. The molecule has 3 aromatic rings. The Labute approximate surface area is 166 Å². The van der Waals surface area contributed by atoms with Crippen LogP contribution >= 0.6 is 0 Å². The fourth-order valence-corrected chi connectivity index (χ4v) is 2.30. The van der Waals surface area contributed by atoms with Crippen LogP contribution in [0.5, 0.6) is 0 Å². The highest BCUT2D eigenvalue weighted by Gasteiger charge is 2.05. The third kappa shape index (κ3) is 4.56. The van der Waals surface area contributed by atoms with E-state index in [4.69, 9.17) is 0 Å². The van der Waals surface area contributed by atoms with Crippen LogP contribution in [-0.2, 0) is 0 Å². The van der Waals surface area contributed by atoms with Crippen LogP contribution in [0, 0.1) is 20.2 Å². The van der Waals surface area contributed by atoms with Gasteiger partial charge < -0.3 is 0 Å². The molecule has 0 fully saturated rings. The molecule has 0 atom stereocenters. The van der Waals surface area contributed by atoms with E-state index in [1.54, 1.807) is 0 Å². The third-order valence-corrected chi connectivity index (χ3v) is 3.83. The number of non-ortho nitro benzene ring substituents is 2. The number of benzene rings is 3. The lowest BCUT2D eigenvalue weighted by molar-refractivity contribution is -0.385. The van der Waals surface area contributed by atoms with Crippen LogP contribution in [-0.4, -0.2) is 9.85 Å². The van der Waals surface area contributed by atoms with Crippen LogP contribution in [0.1, 0.15) is 0 Å². The van der Waals surface area contributed by atoms with Gasteiger partial charge in [0.15, 0.2) is 5.36 Å². The summed E-state index contributed by atoms with van der Waals surface area (Å²) in [5, 5.41) is 28.5. The fraction of sp³-hybridized carbons (Fsp3) is 0. The molecular weight excluding hydrogens is 396 g/mol. The van der Waals surface area contributed by atoms with Crippen LogP contribution in [0.15, 0.2) is 80.5 Å². The summed E-state index contributed by atoms with van der Waals surface area (Å²) in [7, 11) is 0. The number of hydrogen-bond acceptors (Lipinski definition) is 10. The quantitative estimate of drug-likeness (QED) is 0.449. The summed E-state index contributed by atoms with van der Waals surface area (Å²) in [5.74, 6) is 0. The van der Waals surface area contributed by atoms with Gasteiger partial charge in [-0.25, -0.2) is 0 Å². The molecule has 0 radical (unpaired) electrons. The van der Waals surface area contributed by atoms with E-state index in [1.807, 2.05) is 0 Å². The minimum Gasteiger partial charge on any atom is -0.287 e. The molecule has 12 heteroatoms. The Morgan fingerprint density at radius 1 is 0.667 bits per heavy atom. The molecule has 3 rings (SSSR count). The molecule has 150 valence electrons. The van der Waals surface area contributed by atoms with E-state index in [9.17, 15) is 29.8 Å². The second kappa shape index (κ2) is 8.52. The fourth-order valence-electron chi connectivity index (χ4n) is 2.30. The summed E-state index contributed by atoms with van der Waals surface area (Å²) >= 11 is 0. The zero-order valence-electron chi connectivity index (χ0n) is 15.0. The van der Waals surface area contributed by atoms with Crippen molar-refractivity contribution < 1.29 is 9.85 Å². The first-order valence-electron chi connectivity index (χ1n) is 8.28. The molecule has 0 aliphatic heterocycles. The molecule has 2 N–H and O–H groups in total. The van der Waals surface area contributed by atoms with E-state index in [-0.39, 0.29) is 16.7 Å². The van der Waals surface area contributed by atoms with Crippen molar-refractivity contribution in [3.05, 3.63) is 112 Å². The van der Waals surface area contributed by atoms with Gasteiger partial charge in [-0.2, -0.15) is 10.2 Å². The van der Waals surface area contributed by atoms with Gasteiger partial charge in [-0.1, -0.05) is 0 Å². The standard InChI is InChI=1S/C18H12N6O6/c25-16-10-9-15(21-19-11-1-5-13(6-2-11)23(27)28)18(26)17(16)22-20-12-3-7-14(8-4-12)24(29)30/h1-10,19-20H/b21-15-,22-17+. The van der Waals surface area contributed by atoms with Crippen molar-refractivity contribution >= 4 is 22.7 Å². The third-order valence-electron chi connectivity index (χ3n) is 3.83. The van der Waals surface area contributed by atoms with Gasteiger partial charge in [0.1, 0.15) is 5.36 Å². The van der Waals surface area contributed by atoms with Gasteiger partial charge in [-0.05, 0) is 36.4 Å². The van der Waals surface area contributed by atoms with Crippen LogP contribution in [0.25, 0.3) is 0 Å². The lowest BCUT2D eigenvalue weighted by Gasteiger charge is -1.99. The second-order valence-electron chi connectivity index (χ2n) is 5.82. The SMILES string of the molecule is O=c1cc/c(=N/Nc2ccc([N+](=O)[O-])cc2)c(=O)/c1=N/Nc1ccc([N+](=O)[O-])cc1. The average molecular weight is 408 g/mol. The zero-order valence-corrected chi connectivity index (χ0v) is 15.0. The van der Waals surface area contributed by atoms with Crippen LogP contribution < -0.4 is 32.4 Å². The number of nitro groups is 2. The van der Waals surface area contributed by atoms with Gasteiger partial charge >= 0.3 is 0 Å². The number of nitrogens with zero attached hydrogens (tertiary/aromatic N) is 4. The molecule has 12 nitrogen and oxygen atoms in total. The molecular formula is C18H12N6O6. The summed E-state index contributed by atoms with van der Waals surface area (Å²) in [6.45, 7) is 0. The van der Waals surface area contributed by atoms with Gasteiger partial charge in [0.25, 0.3) is 11.4 Å².